The molecular weight excluding hydrogens is 477 g/mol. The monoisotopic (exact) mass is 524 g/mol. The van der Waals surface area contributed by atoms with Crippen molar-refractivity contribution in [2.45, 2.75) is 122 Å². The number of unbranched alkanes of at least 4 members (excludes halogenated alkanes) is 13. The number of amides is 2. The summed E-state index contributed by atoms with van der Waals surface area (Å²) in [6.45, 7) is 3.67. The summed E-state index contributed by atoms with van der Waals surface area (Å²) in [5, 5.41) is 0. The summed E-state index contributed by atoms with van der Waals surface area (Å²) >= 11 is 0. The zero-order valence-electron chi connectivity index (χ0n) is 22.8. The molecule has 0 spiro atoms. The smallest absolute Gasteiger partial charge is 0.339 e. The fraction of sp³-hybridized carbons (Fsp3) is 0.733. The standard InChI is InChI=1S/C30H47F3N2O2/c1-2-3-4-5-6-7-8-9-10-11-12-13-14-18-25-35(29(37)30(31,32)33)27-21-19-26(20-22-27)28(36)34-23-16-15-17-24-34/h19-22H,2-18,23-25H2,1H3. The van der Waals surface area contributed by atoms with E-state index in [4.69, 9.17) is 0 Å². The highest BCUT2D eigenvalue weighted by molar-refractivity contribution is 5.98. The number of piperidine rings is 1. The van der Waals surface area contributed by atoms with E-state index in [1.807, 2.05) is 0 Å². The predicted octanol–water partition coefficient (Wildman–Crippen LogP) is 8.69. The van der Waals surface area contributed by atoms with Crippen LogP contribution in [0.25, 0.3) is 0 Å². The molecule has 1 saturated heterocycles. The van der Waals surface area contributed by atoms with Crippen molar-refractivity contribution in [3.05, 3.63) is 29.8 Å². The lowest BCUT2D eigenvalue weighted by molar-refractivity contribution is -0.170. The first-order chi connectivity index (χ1) is 17.8. The summed E-state index contributed by atoms with van der Waals surface area (Å²) in [4.78, 5) is 27.4. The molecule has 1 aromatic rings. The molecule has 1 heterocycles. The van der Waals surface area contributed by atoms with E-state index in [0.717, 1.165) is 49.8 Å². The first-order valence-electron chi connectivity index (χ1n) is 14.6. The second kappa shape index (κ2) is 17.5. The fourth-order valence-corrected chi connectivity index (χ4v) is 5.03. The third kappa shape index (κ3) is 11.9. The third-order valence-corrected chi connectivity index (χ3v) is 7.29. The van der Waals surface area contributed by atoms with Crippen LogP contribution in [0.2, 0.25) is 0 Å². The van der Waals surface area contributed by atoms with Gasteiger partial charge in [0.15, 0.2) is 0 Å². The van der Waals surface area contributed by atoms with Crippen molar-refractivity contribution in [2.24, 2.45) is 0 Å². The molecule has 210 valence electrons. The Balaban J connectivity index is 1.72. The number of carbonyl (C=O) groups is 2. The molecule has 1 aliphatic heterocycles. The van der Waals surface area contributed by atoms with E-state index in [0.29, 0.717) is 25.1 Å². The summed E-state index contributed by atoms with van der Waals surface area (Å²) in [6, 6.07) is 6.00. The number of benzene rings is 1. The average Bonchev–Trinajstić information content (AvgIpc) is 2.90. The Kier molecular flexibility index (Phi) is 14.7. The van der Waals surface area contributed by atoms with Gasteiger partial charge in [-0.2, -0.15) is 13.2 Å². The molecule has 37 heavy (non-hydrogen) atoms. The van der Waals surface area contributed by atoms with Crippen LogP contribution < -0.4 is 4.90 Å². The van der Waals surface area contributed by atoms with Crippen molar-refractivity contribution in [3.8, 4) is 0 Å². The Bertz CT molecular complexity index is 774. The van der Waals surface area contributed by atoms with Crippen molar-refractivity contribution >= 4 is 17.5 Å². The molecule has 0 atom stereocenters. The molecular formula is C30H47F3N2O2. The van der Waals surface area contributed by atoms with Crippen LogP contribution in [0.5, 0.6) is 0 Å². The molecule has 0 N–H and O–H groups in total. The number of nitrogens with zero attached hydrogens (tertiary/aromatic N) is 2. The second-order valence-electron chi connectivity index (χ2n) is 10.5. The maximum atomic E-state index is 13.3. The van der Waals surface area contributed by atoms with E-state index in [-0.39, 0.29) is 18.1 Å². The number of halogens is 3. The topological polar surface area (TPSA) is 40.6 Å². The van der Waals surface area contributed by atoms with Gasteiger partial charge in [0.2, 0.25) is 0 Å². The molecule has 0 radical (unpaired) electrons. The molecule has 4 nitrogen and oxygen atoms in total. The van der Waals surface area contributed by atoms with Crippen LogP contribution >= 0.6 is 0 Å². The minimum Gasteiger partial charge on any atom is -0.339 e. The van der Waals surface area contributed by atoms with Crippen molar-refractivity contribution in [1.29, 1.82) is 0 Å². The Morgan fingerprint density at radius 3 is 1.65 bits per heavy atom. The van der Waals surface area contributed by atoms with Gasteiger partial charge in [-0.15, -0.1) is 0 Å². The SMILES string of the molecule is CCCCCCCCCCCCCCCCN(C(=O)C(F)(F)F)c1ccc(C(=O)N2CCCCC2)cc1. The number of alkyl halides is 3. The number of hydrogen-bond donors (Lipinski definition) is 0. The van der Waals surface area contributed by atoms with Gasteiger partial charge < -0.3 is 9.80 Å². The highest BCUT2D eigenvalue weighted by Crippen LogP contribution is 2.25. The quantitative estimate of drug-likeness (QED) is 0.191. The van der Waals surface area contributed by atoms with Gasteiger partial charge in [0.25, 0.3) is 5.91 Å². The number of likely N-dealkylation sites (tertiary alicyclic amines) is 1. The average molecular weight is 525 g/mol. The van der Waals surface area contributed by atoms with Crippen LogP contribution in [0.15, 0.2) is 24.3 Å². The van der Waals surface area contributed by atoms with Crippen molar-refractivity contribution in [3.63, 3.8) is 0 Å². The summed E-state index contributed by atoms with van der Waals surface area (Å²) in [5.74, 6) is -1.95. The first kappa shape index (κ1) is 31.2. The largest absolute Gasteiger partial charge is 0.471 e. The molecule has 0 aromatic heterocycles. The number of hydrogen-bond acceptors (Lipinski definition) is 2. The van der Waals surface area contributed by atoms with Gasteiger partial charge in [0.05, 0.1) is 0 Å². The lowest BCUT2D eigenvalue weighted by Crippen LogP contribution is -2.42. The molecule has 7 heteroatoms. The van der Waals surface area contributed by atoms with Gasteiger partial charge >= 0.3 is 12.1 Å². The van der Waals surface area contributed by atoms with Gasteiger partial charge in [-0.05, 0) is 49.9 Å². The van der Waals surface area contributed by atoms with Gasteiger partial charge in [0, 0.05) is 30.9 Å². The van der Waals surface area contributed by atoms with E-state index >= 15 is 0 Å². The summed E-state index contributed by atoms with van der Waals surface area (Å²) in [7, 11) is 0. The highest BCUT2D eigenvalue weighted by Gasteiger charge is 2.42. The van der Waals surface area contributed by atoms with Crippen molar-refractivity contribution in [2.75, 3.05) is 24.5 Å². The van der Waals surface area contributed by atoms with Gasteiger partial charge in [0.1, 0.15) is 0 Å². The van der Waals surface area contributed by atoms with Crippen LogP contribution in [0, 0.1) is 0 Å². The second-order valence-corrected chi connectivity index (χ2v) is 10.5. The minimum absolute atomic E-state index is 0.0236. The molecule has 0 saturated carbocycles. The molecule has 1 aliphatic rings. The van der Waals surface area contributed by atoms with Crippen molar-refractivity contribution in [1.82, 2.24) is 4.90 Å². The lowest BCUT2D eigenvalue weighted by atomic mass is 10.0. The molecule has 1 fully saturated rings. The van der Waals surface area contributed by atoms with Gasteiger partial charge in [-0.1, -0.05) is 90.4 Å². The fourth-order valence-electron chi connectivity index (χ4n) is 5.03. The molecule has 2 amide bonds. The zero-order valence-corrected chi connectivity index (χ0v) is 22.8. The predicted molar refractivity (Wildman–Crippen MR) is 145 cm³/mol. The van der Waals surface area contributed by atoms with Crippen molar-refractivity contribution < 1.29 is 22.8 Å². The van der Waals surface area contributed by atoms with Crippen LogP contribution in [0.4, 0.5) is 18.9 Å². The van der Waals surface area contributed by atoms with E-state index in [1.165, 1.54) is 82.1 Å². The van der Waals surface area contributed by atoms with E-state index in [1.54, 1.807) is 4.90 Å². The highest BCUT2D eigenvalue weighted by atomic mass is 19.4. The maximum Gasteiger partial charge on any atom is 0.471 e. The number of carbonyl (C=O) groups excluding carboxylic acids is 2. The summed E-state index contributed by atoms with van der Waals surface area (Å²) < 4.78 is 39.8. The van der Waals surface area contributed by atoms with Gasteiger partial charge in [-0.25, -0.2) is 0 Å². The Labute approximate surface area is 222 Å². The molecule has 2 rings (SSSR count). The number of rotatable bonds is 17. The van der Waals surface area contributed by atoms with Crippen LogP contribution in [0.1, 0.15) is 126 Å². The van der Waals surface area contributed by atoms with E-state index in [2.05, 4.69) is 6.92 Å². The molecule has 1 aromatic carbocycles. The minimum atomic E-state index is -4.93. The normalized spacial score (nSPS) is 14.1. The molecule has 0 aliphatic carbocycles. The van der Waals surface area contributed by atoms with E-state index in [9.17, 15) is 22.8 Å². The van der Waals surface area contributed by atoms with Crippen LogP contribution in [-0.4, -0.2) is 42.5 Å². The van der Waals surface area contributed by atoms with Gasteiger partial charge in [-0.3, -0.25) is 9.59 Å². The van der Waals surface area contributed by atoms with Crippen LogP contribution in [-0.2, 0) is 4.79 Å². The third-order valence-electron chi connectivity index (χ3n) is 7.29. The molecule has 0 unspecified atom stereocenters. The van der Waals surface area contributed by atoms with Crippen LogP contribution in [0.3, 0.4) is 0 Å². The van der Waals surface area contributed by atoms with E-state index < -0.39 is 12.1 Å². The summed E-state index contributed by atoms with van der Waals surface area (Å²) in [5.41, 5.74) is 0.633. The zero-order chi connectivity index (χ0) is 26.9. The summed E-state index contributed by atoms with van der Waals surface area (Å²) in [6.07, 6.45) is 14.4. The Morgan fingerprint density at radius 2 is 1.19 bits per heavy atom. The molecule has 0 bridgehead atoms. The Morgan fingerprint density at radius 1 is 0.730 bits per heavy atom. The lowest BCUT2D eigenvalue weighted by Gasteiger charge is -2.27. The Hall–Kier alpha value is -2.05. The number of anilines is 1. The first-order valence-corrected chi connectivity index (χ1v) is 14.6. The maximum absolute atomic E-state index is 13.3.